The monoisotopic (exact) mass is 263 g/mol. The van der Waals surface area contributed by atoms with Crippen LogP contribution in [0, 0.1) is 13.8 Å². The molecule has 0 unspecified atom stereocenters. The van der Waals surface area contributed by atoms with E-state index in [1.807, 2.05) is 19.1 Å². The molecule has 0 aliphatic rings. The molecule has 0 spiro atoms. The number of aromatic nitrogens is 2. The van der Waals surface area contributed by atoms with Crippen molar-refractivity contribution in [1.82, 2.24) is 9.59 Å². The van der Waals surface area contributed by atoms with Gasteiger partial charge < -0.3 is 10.1 Å². The van der Waals surface area contributed by atoms with Crippen molar-refractivity contribution in [2.45, 2.75) is 27.4 Å². The Labute approximate surface area is 111 Å². The van der Waals surface area contributed by atoms with Gasteiger partial charge in [0.1, 0.15) is 23.1 Å². The van der Waals surface area contributed by atoms with E-state index in [9.17, 15) is 0 Å². The fourth-order valence-corrected chi connectivity index (χ4v) is 2.19. The van der Waals surface area contributed by atoms with Gasteiger partial charge in [-0.25, -0.2) is 0 Å². The number of nitrogens with one attached hydrogen (secondary N) is 1. The molecule has 0 amide bonds. The van der Waals surface area contributed by atoms with Gasteiger partial charge in [0.15, 0.2) is 0 Å². The minimum Gasteiger partial charge on any atom is -0.487 e. The van der Waals surface area contributed by atoms with E-state index < -0.39 is 0 Å². The molecule has 0 saturated carbocycles. The Morgan fingerprint density at radius 2 is 2.11 bits per heavy atom. The lowest BCUT2D eigenvalue weighted by Gasteiger charge is -2.08. The fourth-order valence-electron chi connectivity index (χ4n) is 1.55. The first kappa shape index (κ1) is 12.8. The molecule has 0 aliphatic heterocycles. The first-order valence-electron chi connectivity index (χ1n) is 5.96. The van der Waals surface area contributed by atoms with Crippen molar-refractivity contribution in [2.24, 2.45) is 0 Å². The van der Waals surface area contributed by atoms with E-state index in [0.29, 0.717) is 6.61 Å². The van der Waals surface area contributed by atoms with E-state index in [4.69, 9.17) is 4.74 Å². The number of hydrogen-bond donors (Lipinski definition) is 1. The molecule has 0 aliphatic carbocycles. The lowest BCUT2D eigenvalue weighted by Crippen LogP contribution is -2.02. The van der Waals surface area contributed by atoms with Crippen LogP contribution in [0.2, 0.25) is 0 Å². The Kier molecular flexibility index (Phi) is 4.15. The number of benzene rings is 1. The van der Waals surface area contributed by atoms with Gasteiger partial charge in [-0.3, -0.25) is 0 Å². The quantitative estimate of drug-likeness (QED) is 0.900. The number of aryl methyl sites for hydroxylation is 2. The maximum atomic E-state index is 5.74. The smallest absolute Gasteiger partial charge is 0.136 e. The van der Waals surface area contributed by atoms with Crippen LogP contribution >= 0.6 is 11.5 Å². The zero-order valence-electron chi connectivity index (χ0n) is 10.9. The molecule has 0 fully saturated rings. The van der Waals surface area contributed by atoms with E-state index >= 15 is 0 Å². The average molecular weight is 263 g/mol. The molecule has 1 N–H and O–H groups in total. The SMILES string of the molecule is CCNc1snnc1COc1ccc(C)c(C)c1. The molecular formula is C13H17N3OS. The molecule has 0 atom stereocenters. The topological polar surface area (TPSA) is 47.0 Å². The highest BCUT2D eigenvalue weighted by Gasteiger charge is 2.07. The van der Waals surface area contributed by atoms with Crippen molar-refractivity contribution in [2.75, 3.05) is 11.9 Å². The molecule has 18 heavy (non-hydrogen) atoms. The van der Waals surface area contributed by atoms with E-state index in [0.717, 1.165) is 23.0 Å². The molecule has 5 heteroatoms. The van der Waals surface area contributed by atoms with Crippen LogP contribution in [0.5, 0.6) is 5.75 Å². The van der Waals surface area contributed by atoms with Gasteiger partial charge in [-0.1, -0.05) is 10.6 Å². The first-order valence-corrected chi connectivity index (χ1v) is 6.73. The predicted octanol–water partition coefficient (Wildman–Crippen LogP) is 3.17. The summed E-state index contributed by atoms with van der Waals surface area (Å²) in [5.41, 5.74) is 3.36. The third-order valence-corrected chi connectivity index (χ3v) is 3.47. The molecule has 4 nitrogen and oxygen atoms in total. The van der Waals surface area contributed by atoms with Crippen molar-refractivity contribution < 1.29 is 4.74 Å². The van der Waals surface area contributed by atoms with Crippen LogP contribution in [-0.4, -0.2) is 16.1 Å². The molecule has 1 heterocycles. The molecule has 0 radical (unpaired) electrons. The number of hydrogen-bond acceptors (Lipinski definition) is 5. The van der Waals surface area contributed by atoms with Crippen molar-refractivity contribution in [3.8, 4) is 5.75 Å². The van der Waals surface area contributed by atoms with Crippen LogP contribution in [0.25, 0.3) is 0 Å². The Bertz CT molecular complexity index is 525. The second-order valence-corrected chi connectivity index (χ2v) is 4.87. The van der Waals surface area contributed by atoms with Gasteiger partial charge in [-0.15, -0.1) is 5.10 Å². The Balaban J connectivity index is 2.02. The summed E-state index contributed by atoms with van der Waals surface area (Å²) in [6.45, 7) is 7.53. The number of anilines is 1. The number of nitrogens with zero attached hydrogens (tertiary/aromatic N) is 2. The number of ether oxygens (including phenoxy) is 1. The first-order chi connectivity index (χ1) is 8.70. The van der Waals surface area contributed by atoms with E-state index in [2.05, 4.69) is 34.8 Å². The Hall–Kier alpha value is -1.62. The van der Waals surface area contributed by atoms with Crippen LogP contribution in [-0.2, 0) is 6.61 Å². The van der Waals surface area contributed by atoms with E-state index in [1.165, 1.54) is 22.7 Å². The summed E-state index contributed by atoms with van der Waals surface area (Å²) in [6, 6.07) is 6.09. The summed E-state index contributed by atoms with van der Waals surface area (Å²) < 4.78 is 9.67. The second-order valence-electron chi connectivity index (χ2n) is 4.11. The fraction of sp³-hybridized carbons (Fsp3) is 0.385. The molecule has 1 aromatic carbocycles. The van der Waals surface area contributed by atoms with Crippen LogP contribution < -0.4 is 10.1 Å². The lowest BCUT2D eigenvalue weighted by molar-refractivity contribution is 0.301. The Morgan fingerprint density at radius 1 is 1.28 bits per heavy atom. The van der Waals surface area contributed by atoms with Gasteiger partial charge >= 0.3 is 0 Å². The van der Waals surface area contributed by atoms with Crippen molar-refractivity contribution >= 4 is 16.5 Å². The molecule has 2 rings (SSSR count). The summed E-state index contributed by atoms with van der Waals surface area (Å²) in [5, 5.41) is 8.28. The summed E-state index contributed by atoms with van der Waals surface area (Å²) >= 11 is 1.36. The zero-order chi connectivity index (χ0) is 13.0. The molecule has 0 saturated heterocycles. The normalized spacial score (nSPS) is 10.4. The van der Waals surface area contributed by atoms with Gasteiger partial charge in [-0.05, 0) is 44.0 Å². The summed E-state index contributed by atoms with van der Waals surface area (Å²) in [4.78, 5) is 0. The van der Waals surface area contributed by atoms with Crippen molar-refractivity contribution in [3.63, 3.8) is 0 Å². The molecule has 1 aromatic heterocycles. The van der Waals surface area contributed by atoms with Crippen molar-refractivity contribution in [1.29, 1.82) is 0 Å². The third kappa shape index (κ3) is 2.98. The Morgan fingerprint density at radius 3 is 2.83 bits per heavy atom. The standard InChI is InChI=1S/C13H17N3OS/c1-4-14-13-12(15-16-18-13)8-17-11-6-5-9(2)10(3)7-11/h5-7,14H,4,8H2,1-3H3. The molecule has 0 bridgehead atoms. The maximum absolute atomic E-state index is 5.74. The maximum Gasteiger partial charge on any atom is 0.136 e. The van der Waals surface area contributed by atoms with Gasteiger partial charge in [0.25, 0.3) is 0 Å². The summed E-state index contributed by atoms with van der Waals surface area (Å²) in [5.74, 6) is 0.869. The van der Waals surface area contributed by atoms with Crippen LogP contribution in [0.15, 0.2) is 18.2 Å². The van der Waals surface area contributed by atoms with Crippen LogP contribution in [0.1, 0.15) is 23.7 Å². The van der Waals surface area contributed by atoms with Gasteiger partial charge in [-0.2, -0.15) is 0 Å². The second kappa shape index (κ2) is 5.82. The third-order valence-electron chi connectivity index (χ3n) is 2.75. The van der Waals surface area contributed by atoms with Crippen molar-refractivity contribution in [3.05, 3.63) is 35.0 Å². The predicted molar refractivity (Wildman–Crippen MR) is 74.3 cm³/mol. The highest BCUT2D eigenvalue weighted by Crippen LogP contribution is 2.21. The zero-order valence-corrected chi connectivity index (χ0v) is 11.7. The minimum atomic E-state index is 0.446. The highest BCUT2D eigenvalue weighted by molar-refractivity contribution is 7.10. The minimum absolute atomic E-state index is 0.446. The van der Waals surface area contributed by atoms with Gasteiger partial charge in [0.2, 0.25) is 0 Å². The number of rotatable bonds is 5. The van der Waals surface area contributed by atoms with Gasteiger partial charge in [0.05, 0.1) is 0 Å². The lowest BCUT2D eigenvalue weighted by atomic mass is 10.1. The highest BCUT2D eigenvalue weighted by atomic mass is 32.1. The van der Waals surface area contributed by atoms with Gasteiger partial charge in [0, 0.05) is 18.1 Å². The molecular weight excluding hydrogens is 246 g/mol. The molecule has 2 aromatic rings. The van der Waals surface area contributed by atoms with E-state index in [1.54, 1.807) is 0 Å². The summed E-state index contributed by atoms with van der Waals surface area (Å²) in [7, 11) is 0. The summed E-state index contributed by atoms with van der Waals surface area (Å²) in [6.07, 6.45) is 0. The average Bonchev–Trinajstić information content (AvgIpc) is 2.79. The largest absolute Gasteiger partial charge is 0.487 e. The van der Waals surface area contributed by atoms with Crippen LogP contribution in [0.4, 0.5) is 5.00 Å². The van der Waals surface area contributed by atoms with E-state index in [-0.39, 0.29) is 0 Å². The van der Waals surface area contributed by atoms with Crippen LogP contribution in [0.3, 0.4) is 0 Å². The molecule has 96 valence electrons.